The molecule has 104 valence electrons. The SMILES string of the molecule is CCC1CCCN(C(=O)c2ccc(N)cc2F)CC1. The molecule has 1 saturated heterocycles. The van der Waals surface area contributed by atoms with Gasteiger partial charge in [0.2, 0.25) is 0 Å². The average Bonchev–Trinajstić information content (AvgIpc) is 2.63. The van der Waals surface area contributed by atoms with Gasteiger partial charge in [0.25, 0.3) is 5.91 Å². The number of benzene rings is 1. The molecule has 1 unspecified atom stereocenters. The van der Waals surface area contributed by atoms with Gasteiger partial charge in [-0.2, -0.15) is 0 Å². The van der Waals surface area contributed by atoms with E-state index in [1.165, 1.54) is 12.1 Å². The van der Waals surface area contributed by atoms with Gasteiger partial charge < -0.3 is 10.6 Å². The second kappa shape index (κ2) is 6.04. The zero-order chi connectivity index (χ0) is 13.8. The molecule has 1 heterocycles. The Bertz CT molecular complexity index is 461. The number of nitrogens with two attached hydrogens (primary N) is 1. The second-order valence-corrected chi connectivity index (χ2v) is 5.24. The summed E-state index contributed by atoms with van der Waals surface area (Å²) in [6.07, 6.45) is 4.32. The second-order valence-electron chi connectivity index (χ2n) is 5.24. The van der Waals surface area contributed by atoms with Gasteiger partial charge in [-0.05, 0) is 43.4 Å². The van der Waals surface area contributed by atoms with Gasteiger partial charge >= 0.3 is 0 Å². The van der Waals surface area contributed by atoms with Crippen molar-refractivity contribution in [2.24, 2.45) is 5.92 Å². The molecule has 2 rings (SSSR count). The standard InChI is InChI=1S/C15H21FN2O/c1-2-11-4-3-8-18(9-7-11)15(19)13-6-5-12(17)10-14(13)16/h5-6,10-11H,2-4,7-9,17H2,1H3. The maximum absolute atomic E-state index is 13.8. The fourth-order valence-corrected chi connectivity index (χ4v) is 2.65. The first-order valence-electron chi connectivity index (χ1n) is 6.96. The summed E-state index contributed by atoms with van der Waals surface area (Å²) in [7, 11) is 0. The number of rotatable bonds is 2. The predicted octanol–water partition coefficient (Wildman–Crippen LogP) is 3.06. The molecule has 1 aromatic rings. The number of nitrogen functional groups attached to an aromatic ring is 1. The largest absolute Gasteiger partial charge is 0.399 e. The Labute approximate surface area is 113 Å². The lowest BCUT2D eigenvalue weighted by molar-refractivity contribution is 0.0755. The molecule has 0 saturated carbocycles. The van der Waals surface area contributed by atoms with Crippen LogP contribution in [0.1, 0.15) is 43.0 Å². The molecular weight excluding hydrogens is 243 g/mol. The molecule has 1 amide bonds. The summed E-state index contributed by atoms with van der Waals surface area (Å²) in [6.45, 7) is 3.63. The first kappa shape index (κ1) is 13.8. The fourth-order valence-electron chi connectivity index (χ4n) is 2.65. The quantitative estimate of drug-likeness (QED) is 0.834. The van der Waals surface area contributed by atoms with Gasteiger partial charge in [0.05, 0.1) is 5.56 Å². The molecule has 19 heavy (non-hydrogen) atoms. The van der Waals surface area contributed by atoms with E-state index in [0.717, 1.165) is 38.8 Å². The van der Waals surface area contributed by atoms with Gasteiger partial charge in [0.15, 0.2) is 0 Å². The van der Waals surface area contributed by atoms with E-state index in [2.05, 4.69) is 6.92 Å². The van der Waals surface area contributed by atoms with Crippen LogP contribution >= 0.6 is 0 Å². The van der Waals surface area contributed by atoms with Crippen molar-refractivity contribution in [2.45, 2.75) is 32.6 Å². The third kappa shape index (κ3) is 3.25. The topological polar surface area (TPSA) is 46.3 Å². The summed E-state index contributed by atoms with van der Waals surface area (Å²) in [5.74, 6) is -0.0513. The number of hydrogen-bond acceptors (Lipinski definition) is 2. The summed E-state index contributed by atoms with van der Waals surface area (Å²) in [5.41, 5.74) is 5.97. The van der Waals surface area contributed by atoms with E-state index in [1.54, 1.807) is 11.0 Å². The molecular formula is C15H21FN2O. The summed E-state index contributed by atoms with van der Waals surface area (Å²) in [6, 6.07) is 4.26. The van der Waals surface area contributed by atoms with Crippen molar-refractivity contribution in [1.29, 1.82) is 0 Å². The number of hydrogen-bond donors (Lipinski definition) is 1. The molecule has 1 atom stereocenters. The highest BCUT2D eigenvalue weighted by molar-refractivity contribution is 5.94. The highest BCUT2D eigenvalue weighted by Gasteiger charge is 2.22. The van der Waals surface area contributed by atoms with E-state index in [-0.39, 0.29) is 11.5 Å². The number of carbonyl (C=O) groups is 1. The Balaban J connectivity index is 2.10. The lowest BCUT2D eigenvalue weighted by Crippen LogP contribution is -2.32. The Kier molecular flexibility index (Phi) is 4.40. The lowest BCUT2D eigenvalue weighted by Gasteiger charge is -2.21. The van der Waals surface area contributed by atoms with Crippen LogP contribution in [-0.4, -0.2) is 23.9 Å². The summed E-state index contributed by atoms with van der Waals surface area (Å²) >= 11 is 0. The van der Waals surface area contributed by atoms with E-state index in [0.29, 0.717) is 11.6 Å². The van der Waals surface area contributed by atoms with E-state index in [9.17, 15) is 9.18 Å². The van der Waals surface area contributed by atoms with Crippen LogP contribution in [0.4, 0.5) is 10.1 Å². The van der Waals surface area contributed by atoms with E-state index in [1.807, 2.05) is 0 Å². The first-order valence-corrected chi connectivity index (χ1v) is 6.96. The van der Waals surface area contributed by atoms with Crippen molar-refractivity contribution in [3.8, 4) is 0 Å². The molecule has 1 aliphatic heterocycles. The van der Waals surface area contributed by atoms with Crippen molar-refractivity contribution in [1.82, 2.24) is 4.90 Å². The van der Waals surface area contributed by atoms with Crippen molar-refractivity contribution in [3.05, 3.63) is 29.6 Å². The smallest absolute Gasteiger partial charge is 0.256 e. The molecule has 0 radical (unpaired) electrons. The van der Waals surface area contributed by atoms with Crippen molar-refractivity contribution in [3.63, 3.8) is 0 Å². The van der Waals surface area contributed by atoms with Crippen LogP contribution in [0, 0.1) is 11.7 Å². The van der Waals surface area contributed by atoms with Gasteiger partial charge in [-0.25, -0.2) is 4.39 Å². The van der Waals surface area contributed by atoms with Crippen molar-refractivity contribution < 1.29 is 9.18 Å². The molecule has 1 fully saturated rings. The number of amides is 1. The average molecular weight is 264 g/mol. The fraction of sp³-hybridized carbons (Fsp3) is 0.533. The Hall–Kier alpha value is -1.58. The van der Waals surface area contributed by atoms with Gasteiger partial charge in [-0.15, -0.1) is 0 Å². The molecule has 4 heteroatoms. The monoisotopic (exact) mass is 264 g/mol. The molecule has 0 aromatic heterocycles. The third-order valence-corrected chi connectivity index (χ3v) is 3.94. The Morgan fingerprint density at radius 3 is 2.89 bits per heavy atom. The number of carbonyl (C=O) groups excluding carboxylic acids is 1. The maximum atomic E-state index is 13.8. The van der Waals surface area contributed by atoms with Crippen molar-refractivity contribution >= 4 is 11.6 Å². The summed E-state index contributed by atoms with van der Waals surface area (Å²) < 4.78 is 13.8. The van der Waals surface area contributed by atoms with Crippen LogP contribution in [0.5, 0.6) is 0 Å². The predicted molar refractivity (Wildman–Crippen MR) is 74.3 cm³/mol. The normalized spacial score (nSPS) is 20.1. The minimum Gasteiger partial charge on any atom is -0.399 e. The van der Waals surface area contributed by atoms with Crippen LogP contribution < -0.4 is 5.73 Å². The maximum Gasteiger partial charge on any atom is 0.256 e. The number of halogens is 1. The van der Waals surface area contributed by atoms with Gasteiger partial charge in [0.1, 0.15) is 5.82 Å². The van der Waals surface area contributed by atoms with E-state index in [4.69, 9.17) is 5.73 Å². The van der Waals surface area contributed by atoms with Gasteiger partial charge in [0, 0.05) is 18.8 Å². The van der Waals surface area contributed by atoms with Gasteiger partial charge in [-0.1, -0.05) is 13.3 Å². The highest BCUT2D eigenvalue weighted by Crippen LogP contribution is 2.22. The zero-order valence-electron chi connectivity index (χ0n) is 11.4. The third-order valence-electron chi connectivity index (χ3n) is 3.94. The summed E-state index contributed by atoms with van der Waals surface area (Å²) in [5, 5.41) is 0. The van der Waals surface area contributed by atoms with Crippen LogP contribution in [0.3, 0.4) is 0 Å². The Morgan fingerprint density at radius 2 is 2.21 bits per heavy atom. The van der Waals surface area contributed by atoms with Crippen LogP contribution in [0.25, 0.3) is 0 Å². The minimum absolute atomic E-state index is 0.129. The van der Waals surface area contributed by atoms with Crippen LogP contribution in [0.15, 0.2) is 18.2 Å². The Morgan fingerprint density at radius 1 is 1.42 bits per heavy atom. The number of anilines is 1. The highest BCUT2D eigenvalue weighted by atomic mass is 19.1. The van der Waals surface area contributed by atoms with Gasteiger partial charge in [-0.3, -0.25) is 4.79 Å². The molecule has 0 bridgehead atoms. The molecule has 1 aliphatic rings. The number of likely N-dealkylation sites (tertiary alicyclic amines) is 1. The van der Waals surface area contributed by atoms with Crippen LogP contribution in [-0.2, 0) is 0 Å². The summed E-state index contributed by atoms with van der Waals surface area (Å²) in [4.78, 5) is 14.1. The molecule has 0 aliphatic carbocycles. The van der Waals surface area contributed by atoms with Crippen LogP contribution in [0.2, 0.25) is 0 Å². The molecule has 3 nitrogen and oxygen atoms in total. The number of nitrogens with zero attached hydrogens (tertiary/aromatic N) is 1. The minimum atomic E-state index is -0.527. The molecule has 2 N–H and O–H groups in total. The lowest BCUT2D eigenvalue weighted by atomic mass is 9.98. The van der Waals surface area contributed by atoms with E-state index >= 15 is 0 Å². The molecule has 1 aromatic carbocycles. The zero-order valence-corrected chi connectivity index (χ0v) is 11.4. The van der Waals surface area contributed by atoms with E-state index < -0.39 is 5.82 Å². The first-order chi connectivity index (χ1) is 9.11. The van der Waals surface area contributed by atoms with Crippen molar-refractivity contribution in [2.75, 3.05) is 18.8 Å². The molecule has 0 spiro atoms.